The third kappa shape index (κ3) is 5.08. The minimum Gasteiger partial charge on any atom is -0.456 e. The van der Waals surface area contributed by atoms with Crippen LogP contribution in [0.25, 0.3) is 61.5 Å². The van der Waals surface area contributed by atoms with E-state index in [2.05, 4.69) is 164 Å². The smallest absolute Gasteiger partial charge is 0.143 e. The molecule has 1 heterocycles. The number of nitrogens with zero attached hydrogens (tertiary/aromatic N) is 1. The fourth-order valence-corrected chi connectivity index (χ4v) is 9.03. The van der Waals surface area contributed by atoms with Crippen molar-refractivity contribution in [2.24, 2.45) is 0 Å². The van der Waals surface area contributed by atoms with Crippen molar-refractivity contribution >= 4 is 67.2 Å². The molecule has 2 heteroatoms. The van der Waals surface area contributed by atoms with Crippen molar-refractivity contribution in [3.63, 3.8) is 0 Å². The number of fused-ring (bicyclic) bond motifs is 10. The van der Waals surface area contributed by atoms with Crippen molar-refractivity contribution < 1.29 is 4.42 Å². The molecule has 6 aromatic carbocycles. The first-order valence-electron chi connectivity index (χ1n) is 18.5. The second-order valence-electron chi connectivity index (χ2n) is 15.1. The molecule has 0 fully saturated rings. The van der Waals surface area contributed by atoms with Gasteiger partial charge in [-0.05, 0) is 113 Å². The van der Waals surface area contributed by atoms with E-state index in [0.717, 1.165) is 43.1 Å². The molecule has 1 unspecified atom stereocenters. The van der Waals surface area contributed by atoms with Crippen LogP contribution in [-0.4, -0.2) is 11.6 Å². The lowest BCUT2D eigenvalue weighted by molar-refractivity contribution is 0.493. The minimum absolute atomic E-state index is 0.252. The van der Waals surface area contributed by atoms with Crippen molar-refractivity contribution in [3.8, 4) is 0 Å². The number of allylic oxidation sites excluding steroid dienone is 3. The molecule has 51 heavy (non-hydrogen) atoms. The van der Waals surface area contributed by atoms with Crippen molar-refractivity contribution in [2.75, 3.05) is 4.90 Å². The highest BCUT2D eigenvalue weighted by molar-refractivity contribution is 6.24. The van der Waals surface area contributed by atoms with E-state index in [0.29, 0.717) is 0 Å². The summed E-state index contributed by atoms with van der Waals surface area (Å²) in [6, 6.07) is 38.7. The Morgan fingerprint density at radius 3 is 2.47 bits per heavy atom. The second kappa shape index (κ2) is 11.7. The van der Waals surface area contributed by atoms with E-state index in [9.17, 15) is 0 Å². The van der Waals surface area contributed by atoms with Gasteiger partial charge in [0.25, 0.3) is 0 Å². The van der Waals surface area contributed by atoms with E-state index >= 15 is 0 Å². The highest BCUT2D eigenvalue weighted by atomic mass is 16.3. The maximum Gasteiger partial charge on any atom is 0.143 e. The van der Waals surface area contributed by atoms with Crippen molar-refractivity contribution in [1.29, 1.82) is 0 Å². The van der Waals surface area contributed by atoms with Crippen molar-refractivity contribution in [3.05, 3.63) is 166 Å². The summed E-state index contributed by atoms with van der Waals surface area (Å²) >= 11 is 0. The lowest BCUT2D eigenvalue weighted by Gasteiger charge is -2.46. The number of hydrogen-bond donors (Lipinski definition) is 0. The molecule has 7 aromatic rings. The molecule has 0 bridgehead atoms. The van der Waals surface area contributed by atoms with E-state index in [1.807, 2.05) is 0 Å². The highest BCUT2D eigenvalue weighted by Crippen LogP contribution is 2.39. The molecule has 0 amide bonds. The summed E-state index contributed by atoms with van der Waals surface area (Å²) in [4.78, 5) is 2.65. The molecule has 2 nitrogen and oxygen atoms in total. The molecule has 0 aliphatic heterocycles. The van der Waals surface area contributed by atoms with E-state index in [4.69, 9.17) is 4.42 Å². The summed E-state index contributed by atoms with van der Waals surface area (Å²) in [6.45, 7) is 4.59. The predicted octanol–water partition coefficient (Wildman–Crippen LogP) is 10.9. The van der Waals surface area contributed by atoms with Crippen LogP contribution in [0.5, 0.6) is 0 Å². The summed E-state index contributed by atoms with van der Waals surface area (Å²) in [7, 11) is 0. The molecular formula is C49H41NO. The highest BCUT2D eigenvalue weighted by Gasteiger charge is 2.36. The summed E-state index contributed by atoms with van der Waals surface area (Å²) in [5.41, 5.74) is 9.72. The summed E-state index contributed by atoms with van der Waals surface area (Å²) in [5, 5.41) is 10.0. The second-order valence-corrected chi connectivity index (χ2v) is 15.1. The third-order valence-corrected chi connectivity index (χ3v) is 11.6. The molecule has 0 saturated heterocycles. The largest absolute Gasteiger partial charge is 0.456 e. The zero-order chi connectivity index (χ0) is 34.1. The average Bonchev–Trinajstić information content (AvgIpc) is 3.54. The first-order valence-corrected chi connectivity index (χ1v) is 18.5. The topological polar surface area (TPSA) is 16.4 Å². The monoisotopic (exact) mass is 659 g/mol. The number of anilines is 1. The Labute approximate surface area is 299 Å². The predicted molar refractivity (Wildman–Crippen MR) is 217 cm³/mol. The first kappa shape index (κ1) is 30.2. The van der Waals surface area contributed by atoms with Gasteiger partial charge in [0, 0.05) is 21.7 Å². The third-order valence-electron chi connectivity index (χ3n) is 11.6. The molecule has 2 atom stereocenters. The Morgan fingerprint density at radius 1 is 0.765 bits per heavy atom. The Bertz CT molecular complexity index is 2770. The van der Waals surface area contributed by atoms with E-state index in [1.54, 1.807) is 0 Å². The normalized spacial score (nSPS) is 19.5. The van der Waals surface area contributed by atoms with Gasteiger partial charge in [-0.15, -0.1) is 0 Å². The molecule has 3 aliphatic carbocycles. The van der Waals surface area contributed by atoms with Gasteiger partial charge in [-0.25, -0.2) is 0 Å². The van der Waals surface area contributed by atoms with Gasteiger partial charge >= 0.3 is 0 Å². The Balaban J connectivity index is 1.12. The van der Waals surface area contributed by atoms with E-state index in [1.165, 1.54) is 76.4 Å². The maximum atomic E-state index is 7.04. The van der Waals surface area contributed by atoms with Gasteiger partial charge < -0.3 is 9.32 Å². The molecule has 1 aromatic heterocycles. The summed E-state index contributed by atoms with van der Waals surface area (Å²) in [5.74, 6) is 0. The Hall–Kier alpha value is -5.60. The van der Waals surface area contributed by atoms with Crippen LogP contribution in [0.1, 0.15) is 55.4 Å². The molecule has 0 saturated carbocycles. The lowest BCUT2D eigenvalue weighted by atomic mass is 9.86. The van der Waals surface area contributed by atoms with Gasteiger partial charge in [0.2, 0.25) is 0 Å². The van der Waals surface area contributed by atoms with Crippen LogP contribution in [0.15, 0.2) is 137 Å². The van der Waals surface area contributed by atoms with Gasteiger partial charge in [0.05, 0.1) is 11.6 Å². The van der Waals surface area contributed by atoms with Gasteiger partial charge in [-0.3, -0.25) is 0 Å². The van der Waals surface area contributed by atoms with Crippen LogP contribution >= 0.6 is 0 Å². The number of aryl methyl sites for hydroxylation is 1. The molecule has 10 rings (SSSR count). The molecule has 0 radical (unpaired) electrons. The van der Waals surface area contributed by atoms with Crippen LogP contribution in [0.4, 0.5) is 5.69 Å². The van der Waals surface area contributed by atoms with Crippen LogP contribution in [0.3, 0.4) is 0 Å². The van der Waals surface area contributed by atoms with Crippen molar-refractivity contribution in [2.45, 2.75) is 57.5 Å². The van der Waals surface area contributed by atoms with Crippen LogP contribution in [-0.2, 0) is 12.8 Å². The number of rotatable bonds is 5. The van der Waals surface area contributed by atoms with Crippen LogP contribution in [0.2, 0.25) is 0 Å². The molecule has 0 spiro atoms. The van der Waals surface area contributed by atoms with E-state index in [-0.39, 0.29) is 11.6 Å². The maximum absolute atomic E-state index is 7.04. The van der Waals surface area contributed by atoms with Crippen LogP contribution in [0, 0.1) is 0 Å². The quantitative estimate of drug-likeness (QED) is 0.171. The van der Waals surface area contributed by atoms with Gasteiger partial charge in [0.15, 0.2) is 0 Å². The van der Waals surface area contributed by atoms with Gasteiger partial charge in [-0.2, -0.15) is 0 Å². The van der Waals surface area contributed by atoms with Gasteiger partial charge in [-0.1, -0.05) is 133 Å². The average molecular weight is 660 g/mol. The standard InChI is InChI=1S/C49H41NO/c1-32-15-21-39(22-16-32)50(40-23-20-36-10-4-6-12-38(36)30-40)49(2)26-25-44-46(31-49)51-48-43-24-18-34(27-33-17-19-35-9-3-5-11-37(35)28-33)29-45(43)41-13-7-8-14-42(41)47(44)48/h3,5-9,11-21,23-25,28-31,39H,4,10,22,26-27H2,1-2H3/t39-,49?/m0/s1. The fraction of sp³-hybridized carbons (Fsp3) is 0.184. The zero-order valence-electron chi connectivity index (χ0n) is 29.3. The minimum atomic E-state index is -0.278. The van der Waals surface area contributed by atoms with Crippen LogP contribution < -0.4 is 15.5 Å². The van der Waals surface area contributed by atoms with Gasteiger partial charge in [0.1, 0.15) is 11.0 Å². The number of hydrogen-bond acceptors (Lipinski definition) is 2. The molecule has 3 aliphatic rings. The lowest BCUT2D eigenvalue weighted by Crippen LogP contribution is -2.53. The molecular weight excluding hydrogens is 619 g/mol. The summed E-state index contributed by atoms with van der Waals surface area (Å²) < 4.78 is 7.04. The Morgan fingerprint density at radius 2 is 1.59 bits per heavy atom. The van der Waals surface area contributed by atoms with E-state index < -0.39 is 0 Å². The molecule has 248 valence electrons. The Kier molecular flexibility index (Phi) is 6.96. The first-order chi connectivity index (χ1) is 25.0. The fourth-order valence-electron chi connectivity index (χ4n) is 9.03. The zero-order valence-corrected chi connectivity index (χ0v) is 29.3. The van der Waals surface area contributed by atoms with Crippen molar-refractivity contribution in [1.82, 2.24) is 0 Å². The number of benzene rings is 6. The SMILES string of the molecule is CC1=CC[C@@H](N(c2ccc3c(c2)C=CCC3)C2(C)C=c3oc4c5ccc(Cc6ccc7ccccc7c6)cc5c5ccccc5c4c3=CC2)C=C1. The summed E-state index contributed by atoms with van der Waals surface area (Å²) in [6.07, 6.45) is 21.6. The molecule has 0 N–H and O–H groups in total. The number of furan rings is 1.